The van der Waals surface area contributed by atoms with Crippen molar-refractivity contribution < 1.29 is 0 Å². The molecule has 2 N–H and O–H groups in total. The van der Waals surface area contributed by atoms with Gasteiger partial charge in [-0.05, 0) is 36.2 Å². The van der Waals surface area contributed by atoms with Crippen molar-refractivity contribution in [2.24, 2.45) is 5.73 Å². The van der Waals surface area contributed by atoms with Crippen LogP contribution in [0.3, 0.4) is 0 Å². The van der Waals surface area contributed by atoms with Gasteiger partial charge < -0.3 is 5.73 Å². The maximum atomic E-state index is 6.31. The van der Waals surface area contributed by atoms with Crippen LogP contribution in [0.4, 0.5) is 0 Å². The fourth-order valence-corrected chi connectivity index (χ4v) is 2.37. The summed E-state index contributed by atoms with van der Waals surface area (Å²) >= 11 is 5.90. The van der Waals surface area contributed by atoms with E-state index in [0.717, 1.165) is 22.0 Å². The average Bonchev–Trinajstić information content (AvgIpc) is 3.00. The molecule has 106 valence electrons. The molecule has 3 aromatic rings. The van der Waals surface area contributed by atoms with Crippen molar-refractivity contribution in [2.75, 3.05) is 0 Å². The Hall–Kier alpha value is -2.17. The lowest BCUT2D eigenvalue weighted by atomic mass is 10.0. The molecule has 1 unspecified atom stereocenters. The van der Waals surface area contributed by atoms with Gasteiger partial charge in [0.2, 0.25) is 0 Å². The molecule has 1 aromatic heterocycles. The van der Waals surface area contributed by atoms with Crippen LogP contribution in [-0.4, -0.2) is 15.0 Å². The quantitative estimate of drug-likeness (QED) is 0.805. The number of para-hydroxylation sites is 1. The fraction of sp³-hybridized carbons (Fsp3) is 0.125. The van der Waals surface area contributed by atoms with Gasteiger partial charge in [-0.3, -0.25) is 0 Å². The third-order valence-corrected chi connectivity index (χ3v) is 3.58. The molecule has 1 heterocycles. The number of halogens is 1. The number of nitrogens with zero attached hydrogens (tertiary/aromatic N) is 3. The summed E-state index contributed by atoms with van der Waals surface area (Å²) in [7, 11) is 0. The zero-order chi connectivity index (χ0) is 14.7. The predicted molar refractivity (Wildman–Crippen MR) is 83.4 cm³/mol. The summed E-state index contributed by atoms with van der Waals surface area (Å²) in [4.78, 5) is 0. The lowest BCUT2D eigenvalue weighted by Gasteiger charge is -2.13. The van der Waals surface area contributed by atoms with Gasteiger partial charge in [0, 0.05) is 5.02 Å². The first kappa shape index (κ1) is 13.8. The first-order valence-corrected chi connectivity index (χ1v) is 7.08. The van der Waals surface area contributed by atoms with Gasteiger partial charge in [0.25, 0.3) is 0 Å². The van der Waals surface area contributed by atoms with E-state index < -0.39 is 0 Å². The van der Waals surface area contributed by atoms with Crippen molar-refractivity contribution in [3.05, 3.63) is 77.1 Å². The average molecular weight is 299 g/mol. The minimum absolute atomic E-state index is 0.179. The highest BCUT2D eigenvalue weighted by atomic mass is 35.5. The Morgan fingerprint density at radius 1 is 1.05 bits per heavy atom. The van der Waals surface area contributed by atoms with Gasteiger partial charge in [-0.1, -0.05) is 47.1 Å². The van der Waals surface area contributed by atoms with Gasteiger partial charge in [-0.2, -0.15) is 0 Å². The Labute approximate surface area is 128 Å². The molecule has 0 fully saturated rings. The summed E-state index contributed by atoms with van der Waals surface area (Å²) in [5.74, 6) is 0. The highest BCUT2D eigenvalue weighted by Crippen LogP contribution is 2.19. The molecule has 0 saturated heterocycles. The van der Waals surface area contributed by atoms with Gasteiger partial charge in [0.1, 0.15) is 0 Å². The Bertz CT molecular complexity index is 707. The van der Waals surface area contributed by atoms with Gasteiger partial charge in [-0.15, -0.1) is 5.10 Å². The van der Waals surface area contributed by atoms with Crippen molar-refractivity contribution >= 4 is 11.6 Å². The Morgan fingerprint density at radius 2 is 1.76 bits per heavy atom. The summed E-state index contributed by atoms with van der Waals surface area (Å²) in [5, 5.41) is 8.84. The molecule has 0 amide bonds. The van der Waals surface area contributed by atoms with E-state index in [4.69, 9.17) is 17.3 Å². The second-order valence-corrected chi connectivity index (χ2v) is 5.28. The summed E-state index contributed by atoms with van der Waals surface area (Å²) in [5.41, 5.74) is 9.29. The van der Waals surface area contributed by atoms with Gasteiger partial charge >= 0.3 is 0 Å². The molecule has 5 heteroatoms. The first-order chi connectivity index (χ1) is 10.2. The molecule has 2 aromatic carbocycles. The molecule has 0 radical (unpaired) electrons. The van der Waals surface area contributed by atoms with E-state index in [0.29, 0.717) is 6.42 Å². The largest absolute Gasteiger partial charge is 0.322 e. The lowest BCUT2D eigenvalue weighted by Crippen LogP contribution is -2.17. The van der Waals surface area contributed by atoms with E-state index in [2.05, 4.69) is 10.3 Å². The monoisotopic (exact) mass is 298 g/mol. The maximum absolute atomic E-state index is 6.31. The SMILES string of the molecule is NC(Cc1ccc(Cl)cc1)c1cnnn1-c1ccccc1. The molecule has 0 aliphatic rings. The minimum atomic E-state index is -0.179. The number of hydrogen-bond acceptors (Lipinski definition) is 3. The molecule has 1 atom stereocenters. The third kappa shape index (κ3) is 3.12. The van der Waals surface area contributed by atoms with Gasteiger partial charge in [0.05, 0.1) is 23.6 Å². The Balaban J connectivity index is 1.84. The summed E-state index contributed by atoms with van der Waals surface area (Å²) < 4.78 is 1.78. The number of benzene rings is 2. The van der Waals surface area contributed by atoms with E-state index in [-0.39, 0.29) is 6.04 Å². The van der Waals surface area contributed by atoms with Crippen molar-refractivity contribution in [1.29, 1.82) is 0 Å². The zero-order valence-corrected chi connectivity index (χ0v) is 12.1. The zero-order valence-electron chi connectivity index (χ0n) is 11.4. The van der Waals surface area contributed by atoms with Crippen LogP contribution in [0.2, 0.25) is 5.02 Å². The molecule has 0 aliphatic carbocycles. The van der Waals surface area contributed by atoms with Crippen LogP contribution < -0.4 is 5.73 Å². The highest BCUT2D eigenvalue weighted by Gasteiger charge is 2.14. The lowest BCUT2D eigenvalue weighted by molar-refractivity contribution is 0.649. The molecule has 0 saturated carbocycles. The normalized spacial score (nSPS) is 12.3. The van der Waals surface area contributed by atoms with Crippen molar-refractivity contribution in [3.63, 3.8) is 0 Å². The second-order valence-electron chi connectivity index (χ2n) is 4.84. The Kier molecular flexibility index (Phi) is 3.99. The smallest absolute Gasteiger partial charge is 0.0816 e. The standard InChI is InChI=1S/C16H15ClN4/c17-13-8-6-12(7-9-13)10-15(18)16-11-19-20-21(16)14-4-2-1-3-5-14/h1-9,11,15H,10,18H2. The molecule has 0 bridgehead atoms. The van der Waals surface area contributed by atoms with Gasteiger partial charge in [0.15, 0.2) is 0 Å². The van der Waals surface area contributed by atoms with E-state index >= 15 is 0 Å². The number of aromatic nitrogens is 3. The van der Waals surface area contributed by atoms with Crippen LogP contribution in [0.5, 0.6) is 0 Å². The van der Waals surface area contributed by atoms with Crippen molar-refractivity contribution in [3.8, 4) is 5.69 Å². The third-order valence-electron chi connectivity index (χ3n) is 3.33. The topological polar surface area (TPSA) is 56.7 Å². The van der Waals surface area contributed by atoms with Crippen molar-refractivity contribution in [1.82, 2.24) is 15.0 Å². The summed E-state index contributed by atoms with van der Waals surface area (Å²) in [6.45, 7) is 0. The molecule has 3 rings (SSSR count). The van der Waals surface area contributed by atoms with Crippen LogP contribution in [-0.2, 0) is 6.42 Å². The molecular weight excluding hydrogens is 284 g/mol. The second kappa shape index (κ2) is 6.08. The Morgan fingerprint density at radius 3 is 2.48 bits per heavy atom. The van der Waals surface area contributed by atoms with E-state index in [1.807, 2.05) is 54.6 Å². The first-order valence-electron chi connectivity index (χ1n) is 6.70. The molecular formula is C16H15ClN4. The van der Waals surface area contributed by atoms with Crippen molar-refractivity contribution in [2.45, 2.75) is 12.5 Å². The highest BCUT2D eigenvalue weighted by molar-refractivity contribution is 6.30. The predicted octanol–water partition coefficient (Wildman–Crippen LogP) is 3.16. The maximum Gasteiger partial charge on any atom is 0.0816 e. The molecule has 0 spiro atoms. The van der Waals surface area contributed by atoms with E-state index in [1.54, 1.807) is 10.9 Å². The van der Waals surface area contributed by atoms with E-state index in [1.165, 1.54) is 0 Å². The molecule has 0 aliphatic heterocycles. The summed E-state index contributed by atoms with van der Waals surface area (Å²) in [6.07, 6.45) is 2.42. The van der Waals surface area contributed by atoms with Crippen LogP contribution in [0.1, 0.15) is 17.3 Å². The molecule has 4 nitrogen and oxygen atoms in total. The van der Waals surface area contributed by atoms with E-state index in [9.17, 15) is 0 Å². The van der Waals surface area contributed by atoms with Crippen LogP contribution in [0.15, 0.2) is 60.8 Å². The van der Waals surface area contributed by atoms with Crippen LogP contribution in [0.25, 0.3) is 5.69 Å². The number of nitrogens with two attached hydrogens (primary N) is 1. The molecule has 21 heavy (non-hydrogen) atoms. The summed E-state index contributed by atoms with van der Waals surface area (Å²) in [6, 6.07) is 17.4. The van der Waals surface area contributed by atoms with Crippen LogP contribution >= 0.6 is 11.6 Å². The number of hydrogen-bond donors (Lipinski definition) is 1. The minimum Gasteiger partial charge on any atom is -0.322 e. The van der Waals surface area contributed by atoms with Crippen LogP contribution in [0, 0.1) is 0 Å². The fourth-order valence-electron chi connectivity index (χ4n) is 2.24. The van der Waals surface area contributed by atoms with Gasteiger partial charge in [-0.25, -0.2) is 4.68 Å². The number of rotatable bonds is 4.